The molecule has 152 valence electrons. The van der Waals surface area contributed by atoms with E-state index in [9.17, 15) is 0 Å². The molecular weight excluding hydrogens is 417 g/mol. The Morgan fingerprint density at radius 1 is 0.833 bits per heavy atom. The molecule has 0 aliphatic rings. The van der Waals surface area contributed by atoms with Crippen LogP contribution in [0.2, 0.25) is 10.0 Å². The molecule has 0 heterocycles. The van der Waals surface area contributed by atoms with Crippen LogP contribution < -0.4 is 14.8 Å². The molecule has 0 aliphatic carbocycles. The van der Waals surface area contributed by atoms with Crippen molar-refractivity contribution in [3.05, 3.63) is 100 Å². The van der Waals surface area contributed by atoms with E-state index in [0.717, 1.165) is 16.8 Å². The van der Waals surface area contributed by atoms with Crippen LogP contribution in [-0.2, 0) is 13.2 Å². The molecule has 0 aliphatic heterocycles. The number of hydrogen-bond acceptors (Lipinski definition) is 3. The first-order chi connectivity index (χ1) is 14.6. The molecule has 3 nitrogen and oxygen atoms in total. The Kier molecular flexibility index (Phi) is 6.32. The first kappa shape index (κ1) is 20.4. The molecule has 0 atom stereocenters. The Hall–Kier alpha value is -2.88. The number of hydrogen-bond donors (Lipinski definition) is 1. The molecule has 0 bridgehead atoms. The summed E-state index contributed by atoms with van der Waals surface area (Å²) in [6.45, 7) is 0.970. The number of benzene rings is 4. The maximum atomic E-state index is 6.55. The number of fused-ring (bicyclic) bond motifs is 1. The fourth-order valence-electron chi connectivity index (χ4n) is 3.30. The number of methoxy groups -OCH3 is 1. The predicted molar refractivity (Wildman–Crippen MR) is 125 cm³/mol. The second kappa shape index (κ2) is 9.29. The Bertz CT molecular complexity index is 1150. The Morgan fingerprint density at radius 2 is 1.60 bits per heavy atom. The molecule has 1 N–H and O–H groups in total. The van der Waals surface area contributed by atoms with E-state index in [-0.39, 0.29) is 0 Å². The minimum absolute atomic E-state index is 0.400. The Labute approximate surface area is 186 Å². The van der Waals surface area contributed by atoms with Gasteiger partial charge in [-0.2, -0.15) is 0 Å². The molecule has 4 aromatic carbocycles. The summed E-state index contributed by atoms with van der Waals surface area (Å²) in [7, 11) is 1.63. The van der Waals surface area contributed by atoms with Gasteiger partial charge in [0.15, 0.2) is 11.5 Å². The van der Waals surface area contributed by atoms with Crippen LogP contribution in [0.1, 0.15) is 11.1 Å². The van der Waals surface area contributed by atoms with Gasteiger partial charge in [0.1, 0.15) is 6.61 Å². The highest BCUT2D eigenvalue weighted by atomic mass is 35.5. The second-order valence-corrected chi connectivity index (χ2v) is 7.73. The molecule has 4 aromatic rings. The van der Waals surface area contributed by atoms with Gasteiger partial charge in [-0.3, -0.25) is 0 Å². The van der Waals surface area contributed by atoms with E-state index < -0.39 is 0 Å². The first-order valence-electron chi connectivity index (χ1n) is 9.59. The van der Waals surface area contributed by atoms with Gasteiger partial charge in [0.25, 0.3) is 0 Å². The lowest BCUT2D eigenvalue weighted by molar-refractivity contribution is 0.284. The summed E-state index contributed by atoms with van der Waals surface area (Å²) < 4.78 is 11.5. The molecule has 0 unspecified atom stereocenters. The van der Waals surface area contributed by atoms with Gasteiger partial charge in [-0.25, -0.2) is 0 Å². The quantitative estimate of drug-likeness (QED) is 0.327. The summed E-state index contributed by atoms with van der Waals surface area (Å²) in [5, 5.41) is 7.17. The van der Waals surface area contributed by atoms with Gasteiger partial charge in [-0.05, 0) is 40.8 Å². The lowest BCUT2D eigenvalue weighted by Crippen LogP contribution is -2.03. The van der Waals surface area contributed by atoms with Crippen LogP contribution in [0.15, 0.2) is 78.9 Å². The summed E-state index contributed by atoms with van der Waals surface area (Å²) in [6, 6.07) is 25.7. The Morgan fingerprint density at radius 3 is 2.40 bits per heavy atom. The molecule has 0 amide bonds. The van der Waals surface area contributed by atoms with E-state index >= 15 is 0 Å². The molecule has 0 radical (unpaired) electrons. The monoisotopic (exact) mass is 437 g/mol. The number of rotatable bonds is 7. The highest BCUT2D eigenvalue weighted by Gasteiger charge is 2.12. The fraction of sp³-hybridized carbons (Fsp3) is 0.120. The zero-order valence-electron chi connectivity index (χ0n) is 16.5. The molecule has 0 saturated heterocycles. The van der Waals surface area contributed by atoms with Crippen molar-refractivity contribution in [3.8, 4) is 11.5 Å². The predicted octanol–water partition coefficient (Wildman–Crippen LogP) is 7.35. The smallest absolute Gasteiger partial charge is 0.163 e. The van der Waals surface area contributed by atoms with Crippen LogP contribution in [0.5, 0.6) is 11.5 Å². The van der Waals surface area contributed by atoms with E-state index in [4.69, 9.17) is 32.7 Å². The van der Waals surface area contributed by atoms with Crippen molar-refractivity contribution in [2.45, 2.75) is 13.2 Å². The maximum Gasteiger partial charge on any atom is 0.163 e. The first-order valence-corrected chi connectivity index (χ1v) is 10.3. The highest BCUT2D eigenvalue weighted by molar-refractivity contribution is 6.31. The molecular formula is C25H21Cl2NO2. The molecule has 0 spiro atoms. The van der Waals surface area contributed by atoms with Crippen LogP contribution in [0.4, 0.5) is 5.69 Å². The highest BCUT2D eigenvalue weighted by Crippen LogP contribution is 2.35. The molecule has 5 heteroatoms. The van der Waals surface area contributed by atoms with Gasteiger partial charge in [-0.15, -0.1) is 0 Å². The van der Waals surface area contributed by atoms with Gasteiger partial charge in [-0.1, -0.05) is 71.7 Å². The lowest BCUT2D eigenvalue weighted by Gasteiger charge is -2.15. The third kappa shape index (κ3) is 4.64. The lowest BCUT2D eigenvalue weighted by atomic mass is 10.1. The molecule has 4 rings (SSSR count). The molecule has 30 heavy (non-hydrogen) atoms. The molecule has 0 saturated carbocycles. The van der Waals surface area contributed by atoms with E-state index in [2.05, 4.69) is 29.6 Å². The summed E-state index contributed by atoms with van der Waals surface area (Å²) in [4.78, 5) is 0. The van der Waals surface area contributed by atoms with Crippen LogP contribution in [0.3, 0.4) is 0 Å². The van der Waals surface area contributed by atoms with Crippen molar-refractivity contribution in [1.29, 1.82) is 0 Å². The largest absolute Gasteiger partial charge is 0.493 e. The molecule has 0 aromatic heterocycles. The van der Waals surface area contributed by atoms with E-state index in [0.29, 0.717) is 34.7 Å². The number of anilines is 1. The van der Waals surface area contributed by atoms with Crippen molar-refractivity contribution >= 4 is 39.7 Å². The zero-order chi connectivity index (χ0) is 20.9. The topological polar surface area (TPSA) is 30.5 Å². The van der Waals surface area contributed by atoms with Crippen molar-refractivity contribution in [1.82, 2.24) is 0 Å². The van der Waals surface area contributed by atoms with Gasteiger partial charge in [0.05, 0.1) is 7.11 Å². The van der Waals surface area contributed by atoms with Crippen molar-refractivity contribution in [2.75, 3.05) is 12.4 Å². The van der Waals surface area contributed by atoms with E-state index in [1.54, 1.807) is 13.2 Å². The van der Waals surface area contributed by atoms with Gasteiger partial charge < -0.3 is 14.8 Å². The van der Waals surface area contributed by atoms with Crippen molar-refractivity contribution < 1.29 is 9.47 Å². The number of halogens is 2. The average Bonchev–Trinajstić information content (AvgIpc) is 2.78. The van der Waals surface area contributed by atoms with Gasteiger partial charge in [0, 0.05) is 33.7 Å². The summed E-state index contributed by atoms with van der Waals surface area (Å²) >= 11 is 12.5. The minimum atomic E-state index is 0.400. The number of nitrogens with one attached hydrogen (secondary N) is 1. The summed E-state index contributed by atoms with van der Waals surface area (Å²) in [5.41, 5.74) is 3.01. The van der Waals surface area contributed by atoms with Crippen LogP contribution >= 0.6 is 23.2 Å². The van der Waals surface area contributed by atoms with Crippen LogP contribution in [0, 0.1) is 0 Å². The SMILES string of the molecule is COc1cc(CNc2cccc3ccccc23)c(Cl)cc1OCc1ccc(Cl)cc1. The normalized spacial score (nSPS) is 10.8. The van der Waals surface area contributed by atoms with Gasteiger partial charge in [0.2, 0.25) is 0 Å². The fourth-order valence-corrected chi connectivity index (χ4v) is 3.64. The third-order valence-electron chi connectivity index (χ3n) is 4.90. The standard InChI is InChI=1S/C25H21Cl2NO2/c1-29-24-13-19(15-28-23-8-4-6-18-5-2-3-7-21(18)23)22(27)14-25(24)30-16-17-9-11-20(26)12-10-17/h2-14,28H,15-16H2,1H3. The minimum Gasteiger partial charge on any atom is -0.493 e. The van der Waals surface area contributed by atoms with Gasteiger partial charge >= 0.3 is 0 Å². The van der Waals surface area contributed by atoms with E-state index in [1.807, 2.05) is 48.5 Å². The third-order valence-corrected chi connectivity index (χ3v) is 5.50. The van der Waals surface area contributed by atoms with Crippen molar-refractivity contribution in [2.24, 2.45) is 0 Å². The summed E-state index contributed by atoms with van der Waals surface area (Å²) in [5.74, 6) is 1.24. The summed E-state index contributed by atoms with van der Waals surface area (Å²) in [6.07, 6.45) is 0. The van der Waals surface area contributed by atoms with E-state index in [1.165, 1.54) is 10.8 Å². The van der Waals surface area contributed by atoms with Crippen LogP contribution in [-0.4, -0.2) is 7.11 Å². The molecule has 0 fully saturated rings. The second-order valence-electron chi connectivity index (χ2n) is 6.89. The maximum absolute atomic E-state index is 6.55. The Balaban J connectivity index is 1.50. The zero-order valence-corrected chi connectivity index (χ0v) is 18.0. The number of ether oxygens (including phenoxy) is 2. The van der Waals surface area contributed by atoms with Crippen molar-refractivity contribution in [3.63, 3.8) is 0 Å². The van der Waals surface area contributed by atoms with Crippen LogP contribution in [0.25, 0.3) is 10.8 Å². The average molecular weight is 438 g/mol.